The molecule has 0 bridgehead atoms. The molecule has 1 heterocycles. The second kappa shape index (κ2) is 8.01. The van der Waals surface area contributed by atoms with Crippen LogP contribution in [0.25, 0.3) is 5.69 Å². The minimum atomic E-state index is -4.69. The van der Waals surface area contributed by atoms with E-state index in [-0.39, 0.29) is 15.7 Å². The van der Waals surface area contributed by atoms with Gasteiger partial charge in [0, 0.05) is 5.02 Å². The second-order valence-electron chi connectivity index (χ2n) is 5.50. The Hall–Kier alpha value is -2.63. The molecule has 1 amide bonds. The molecule has 152 valence electrons. The molecule has 7 nitrogen and oxygen atoms in total. The Kier molecular flexibility index (Phi) is 5.82. The van der Waals surface area contributed by atoms with Crippen molar-refractivity contribution < 1.29 is 26.4 Å². The van der Waals surface area contributed by atoms with Gasteiger partial charge < -0.3 is 0 Å². The number of hydrogen-bond donors (Lipinski definition) is 1. The Morgan fingerprint density at radius 3 is 2.45 bits per heavy atom. The van der Waals surface area contributed by atoms with Gasteiger partial charge in [-0.2, -0.15) is 0 Å². The molecule has 0 radical (unpaired) electrons. The highest BCUT2D eigenvalue weighted by Crippen LogP contribution is 2.29. The van der Waals surface area contributed by atoms with Crippen molar-refractivity contribution in [3.8, 4) is 5.69 Å². The van der Waals surface area contributed by atoms with Gasteiger partial charge >= 0.3 is 0 Å². The fraction of sp³-hybridized carbons (Fsp3) is 0.0625. The van der Waals surface area contributed by atoms with E-state index >= 15 is 0 Å². The molecule has 0 aliphatic carbocycles. The normalized spacial score (nSPS) is 11.7. The van der Waals surface area contributed by atoms with E-state index in [9.17, 15) is 26.4 Å². The van der Waals surface area contributed by atoms with Crippen LogP contribution in [0.15, 0.2) is 47.4 Å². The predicted octanol–water partition coefficient (Wildman–Crippen LogP) is 3.77. The fourth-order valence-corrected chi connectivity index (χ4v) is 3.89. The standard InChI is InChI=1S/C16H9Cl2F3N4O3S/c17-8-5-6-11(9(18)7-8)25-14(15(20)21)13(22-24-25)16(26)23-29(27,28)12-4-2-1-3-10(12)19/h1-7,15H,(H,23,26). The Morgan fingerprint density at radius 2 is 1.83 bits per heavy atom. The number of rotatable bonds is 5. The summed E-state index contributed by atoms with van der Waals surface area (Å²) in [5.41, 5.74) is -2.03. The fourth-order valence-electron chi connectivity index (χ4n) is 2.37. The number of carbonyl (C=O) groups excluding carboxylic acids is 1. The van der Waals surface area contributed by atoms with E-state index in [1.807, 2.05) is 0 Å². The Morgan fingerprint density at radius 1 is 1.14 bits per heavy atom. The number of aromatic nitrogens is 3. The summed E-state index contributed by atoms with van der Waals surface area (Å²) in [6.07, 6.45) is -3.27. The second-order valence-corrected chi connectivity index (χ2v) is 7.99. The third-order valence-corrected chi connectivity index (χ3v) is 5.52. The van der Waals surface area contributed by atoms with Crippen molar-refractivity contribution in [1.29, 1.82) is 0 Å². The monoisotopic (exact) mass is 464 g/mol. The summed E-state index contributed by atoms with van der Waals surface area (Å²) >= 11 is 11.7. The van der Waals surface area contributed by atoms with Crippen LogP contribution in [0.5, 0.6) is 0 Å². The molecule has 0 aliphatic rings. The molecule has 0 saturated heterocycles. The number of sulfonamides is 1. The smallest absolute Gasteiger partial charge is 0.266 e. The van der Waals surface area contributed by atoms with Crippen molar-refractivity contribution in [3.05, 3.63) is 69.7 Å². The summed E-state index contributed by atoms with van der Waals surface area (Å²) in [4.78, 5) is 11.5. The highest BCUT2D eigenvalue weighted by Gasteiger charge is 2.31. The first-order valence-electron chi connectivity index (χ1n) is 7.62. The van der Waals surface area contributed by atoms with Gasteiger partial charge in [-0.15, -0.1) is 5.10 Å². The number of amides is 1. The predicted molar refractivity (Wildman–Crippen MR) is 97.4 cm³/mol. The number of nitrogens with zero attached hydrogens (tertiary/aromatic N) is 3. The molecule has 2 aromatic carbocycles. The van der Waals surface area contributed by atoms with E-state index in [1.165, 1.54) is 35.1 Å². The third-order valence-electron chi connectivity index (χ3n) is 3.62. The first kappa shape index (κ1) is 21.1. The maximum atomic E-state index is 13.7. The first-order valence-corrected chi connectivity index (χ1v) is 9.86. The highest BCUT2D eigenvalue weighted by atomic mass is 35.5. The van der Waals surface area contributed by atoms with Gasteiger partial charge in [-0.25, -0.2) is 31.0 Å². The lowest BCUT2D eigenvalue weighted by atomic mass is 10.2. The summed E-state index contributed by atoms with van der Waals surface area (Å²) in [5.74, 6) is -2.64. The first-order chi connectivity index (χ1) is 13.6. The highest BCUT2D eigenvalue weighted by molar-refractivity contribution is 7.90. The van der Waals surface area contributed by atoms with E-state index in [1.54, 1.807) is 0 Å². The van der Waals surface area contributed by atoms with Gasteiger partial charge in [-0.3, -0.25) is 4.79 Å². The molecule has 0 unspecified atom stereocenters. The zero-order valence-corrected chi connectivity index (χ0v) is 16.3. The van der Waals surface area contributed by atoms with Crippen LogP contribution in [0.1, 0.15) is 22.6 Å². The van der Waals surface area contributed by atoms with Gasteiger partial charge in [0.15, 0.2) is 5.69 Å². The van der Waals surface area contributed by atoms with Crippen molar-refractivity contribution in [3.63, 3.8) is 0 Å². The van der Waals surface area contributed by atoms with E-state index in [0.29, 0.717) is 4.68 Å². The van der Waals surface area contributed by atoms with Crippen molar-refractivity contribution in [1.82, 2.24) is 19.7 Å². The van der Waals surface area contributed by atoms with Crippen LogP contribution in [0.3, 0.4) is 0 Å². The van der Waals surface area contributed by atoms with Crippen molar-refractivity contribution in [2.24, 2.45) is 0 Å². The molecular formula is C16H9Cl2F3N4O3S. The van der Waals surface area contributed by atoms with Gasteiger partial charge in [0.2, 0.25) is 0 Å². The SMILES string of the molecule is O=C(NS(=O)(=O)c1ccccc1F)c1nnn(-c2ccc(Cl)cc2Cl)c1C(F)F. The minimum absolute atomic E-state index is 0.0600. The molecule has 1 aromatic heterocycles. The topological polar surface area (TPSA) is 93.9 Å². The number of halogens is 5. The van der Waals surface area contributed by atoms with Gasteiger partial charge in [0.1, 0.15) is 16.4 Å². The molecule has 0 fully saturated rings. The van der Waals surface area contributed by atoms with E-state index in [0.717, 1.165) is 12.1 Å². The van der Waals surface area contributed by atoms with Crippen molar-refractivity contribution in [2.45, 2.75) is 11.3 Å². The lowest BCUT2D eigenvalue weighted by Crippen LogP contribution is -2.32. The zero-order chi connectivity index (χ0) is 21.3. The Balaban J connectivity index is 2.02. The zero-order valence-electron chi connectivity index (χ0n) is 14.0. The lowest BCUT2D eigenvalue weighted by Gasteiger charge is -2.10. The molecule has 0 atom stereocenters. The van der Waals surface area contributed by atoms with Gasteiger partial charge in [-0.05, 0) is 30.3 Å². The summed E-state index contributed by atoms with van der Waals surface area (Å²) in [6, 6.07) is 8.12. The quantitative estimate of drug-likeness (QED) is 0.620. The molecule has 13 heteroatoms. The van der Waals surface area contributed by atoms with Crippen LogP contribution in [0.4, 0.5) is 13.2 Å². The molecule has 29 heavy (non-hydrogen) atoms. The van der Waals surface area contributed by atoms with Gasteiger partial charge in [0.25, 0.3) is 22.4 Å². The molecule has 3 rings (SSSR count). The average molecular weight is 465 g/mol. The van der Waals surface area contributed by atoms with Crippen molar-refractivity contribution >= 4 is 39.1 Å². The minimum Gasteiger partial charge on any atom is -0.266 e. The van der Waals surface area contributed by atoms with E-state index in [2.05, 4.69) is 10.3 Å². The lowest BCUT2D eigenvalue weighted by molar-refractivity contribution is 0.0959. The summed E-state index contributed by atoms with van der Waals surface area (Å²) < 4.78 is 67.6. The number of carbonyl (C=O) groups is 1. The number of hydrogen-bond acceptors (Lipinski definition) is 5. The maximum absolute atomic E-state index is 13.7. The Labute approximate surface area is 172 Å². The molecule has 0 spiro atoms. The van der Waals surface area contributed by atoms with Crippen molar-refractivity contribution in [2.75, 3.05) is 0 Å². The number of alkyl halides is 2. The summed E-state index contributed by atoms with van der Waals surface area (Å²) in [5, 5.41) is 6.99. The largest absolute Gasteiger partial charge is 0.287 e. The molecule has 0 aliphatic heterocycles. The molecule has 0 saturated carbocycles. The molecule has 1 N–H and O–H groups in total. The van der Waals surface area contributed by atoms with Crippen LogP contribution in [0.2, 0.25) is 10.0 Å². The van der Waals surface area contributed by atoms with E-state index in [4.69, 9.17) is 23.2 Å². The Bertz CT molecular complexity index is 1200. The maximum Gasteiger partial charge on any atom is 0.287 e. The average Bonchev–Trinajstić information content (AvgIpc) is 3.06. The number of nitrogens with one attached hydrogen (secondary N) is 1. The van der Waals surface area contributed by atoms with Crippen LogP contribution in [0, 0.1) is 5.82 Å². The summed E-state index contributed by atoms with van der Waals surface area (Å²) in [7, 11) is -4.69. The van der Waals surface area contributed by atoms with E-state index < -0.39 is 44.5 Å². The molecular weight excluding hydrogens is 456 g/mol. The van der Waals surface area contributed by atoms with Crippen LogP contribution in [-0.2, 0) is 10.0 Å². The van der Waals surface area contributed by atoms with Gasteiger partial charge in [-0.1, -0.05) is 40.5 Å². The van der Waals surface area contributed by atoms with Crippen LogP contribution in [-0.4, -0.2) is 29.3 Å². The van der Waals surface area contributed by atoms with Crippen LogP contribution >= 0.6 is 23.2 Å². The number of benzene rings is 2. The molecule has 3 aromatic rings. The third kappa shape index (κ3) is 4.21. The van der Waals surface area contributed by atoms with Crippen LogP contribution < -0.4 is 4.72 Å². The van der Waals surface area contributed by atoms with Gasteiger partial charge in [0.05, 0.1) is 10.7 Å². The summed E-state index contributed by atoms with van der Waals surface area (Å²) in [6.45, 7) is 0.